The first-order valence-corrected chi connectivity index (χ1v) is 5.73. The van der Waals surface area contributed by atoms with E-state index in [2.05, 4.69) is 4.98 Å². The van der Waals surface area contributed by atoms with Crippen molar-refractivity contribution < 1.29 is 9.53 Å². The zero-order chi connectivity index (χ0) is 13.1. The number of benzene rings is 1. The Kier molecular flexibility index (Phi) is 3.69. The molecule has 2 rings (SSSR count). The third kappa shape index (κ3) is 2.72. The van der Waals surface area contributed by atoms with E-state index in [9.17, 15) is 4.79 Å². The Balaban J connectivity index is 2.12. The van der Waals surface area contributed by atoms with E-state index >= 15 is 0 Å². The fourth-order valence-electron chi connectivity index (χ4n) is 1.69. The number of nitrogens with two attached hydrogens (primary N) is 2. The van der Waals surface area contributed by atoms with Crippen LogP contribution in [0, 0.1) is 0 Å². The van der Waals surface area contributed by atoms with Gasteiger partial charge >= 0.3 is 0 Å². The zero-order valence-electron chi connectivity index (χ0n) is 9.60. The number of aromatic nitrogens is 2. The summed E-state index contributed by atoms with van der Waals surface area (Å²) in [7, 11) is 0. The number of carbonyl (C=O) groups is 1. The lowest BCUT2D eigenvalue weighted by molar-refractivity contribution is -0.122. The highest BCUT2D eigenvalue weighted by molar-refractivity contribution is 6.31. The number of amides is 1. The van der Waals surface area contributed by atoms with Crippen molar-refractivity contribution >= 4 is 34.5 Å². The van der Waals surface area contributed by atoms with Crippen LogP contribution in [0.5, 0.6) is 0 Å². The lowest BCUT2D eigenvalue weighted by atomic mass is 10.3. The highest BCUT2D eigenvalue weighted by Gasteiger charge is 2.08. The first-order chi connectivity index (χ1) is 8.58. The second kappa shape index (κ2) is 5.24. The van der Waals surface area contributed by atoms with Gasteiger partial charge in [-0.25, -0.2) is 4.98 Å². The van der Waals surface area contributed by atoms with Gasteiger partial charge in [0.25, 0.3) is 0 Å². The number of ether oxygens (including phenoxy) is 1. The van der Waals surface area contributed by atoms with Gasteiger partial charge in [-0.3, -0.25) is 4.79 Å². The van der Waals surface area contributed by atoms with Gasteiger partial charge in [0.05, 0.1) is 17.6 Å². The molecule has 1 aromatic heterocycles. The second-order valence-electron chi connectivity index (χ2n) is 3.77. The van der Waals surface area contributed by atoms with Gasteiger partial charge in [0, 0.05) is 11.6 Å². The summed E-state index contributed by atoms with van der Waals surface area (Å²) in [6.07, 6.45) is 0. The Morgan fingerprint density at radius 3 is 3.00 bits per heavy atom. The first-order valence-electron chi connectivity index (χ1n) is 5.35. The van der Waals surface area contributed by atoms with Gasteiger partial charge < -0.3 is 20.8 Å². The van der Waals surface area contributed by atoms with Crippen LogP contribution in [0.3, 0.4) is 0 Å². The number of imidazole rings is 1. The van der Waals surface area contributed by atoms with Crippen molar-refractivity contribution in [2.45, 2.75) is 6.54 Å². The third-order valence-electron chi connectivity index (χ3n) is 2.44. The summed E-state index contributed by atoms with van der Waals surface area (Å²) in [5.41, 5.74) is 12.4. The Morgan fingerprint density at radius 1 is 1.50 bits per heavy atom. The van der Waals surface area contributed by atoms with E-state index in [0.717, 1.165) is 11.0 Å². The molecule has 7 heteroatoms. The summed E-state index contributed by atoms with van der Waals surface area (Å²) in [6, 6.07) is 5.36. The van der Waals surface area contributed by atoms with Gasteiger partial charge in [0.2, 0.25) is 11.9 Å². The maximum atomic E-state index is 10.5. The van der Waals surface area contributed by atoms with Gasteiger partial charge in [-0.15, -0.1) is 0 Å². The summed E-state index contributed by atoms with van der Waals surface area (Å²) in [5, 5.41) is 0.608. The molecule has 0 radical (unpaired) electrons. The molecule has 4 N–H and O–H groups in total. The summed E-state index contributed by atoms with van der Waals surface area (Å²) in [5.74, 6) is -0.111. The fourth-order valence-corrected chi connectivity index (χ4v) is 1.85. The number of nitrogens with zero attached hydrogens (tertiary/aromatic N) is 2. The van der Waals surface area contributed by atoms with Crippen LogP contribution in [0.25, 0.3) is 11.0 Å². The van der Waals surface area contributed by atoms with Crippen molar-refractivity contribution in [1.29, 1.82) is 0 Å². The number of hydrogen-bond donors (Lipinski definition) is 2. The molecule has 0 saturated heterocycles. The van der Waals surface area contributed by atoms with Gasteiger partial charge in [-0.05, 0) is 18.2 Å². The highest BCUT2D eigenvalue weighted by atomic mass is 35.5. The fraction of sp³-hybridized carbons (Fsp3) is 0.273. The molecule has 0 saturated carbocycles. The molecule has 1 heterocycles. The molecule has 0 bridgehead atoms. The second-order valence-corrected chi connectivity index (χ2v) is 4.21. The summed E-state index contributed by atoms with van der Waals surface area (Å²) >= 11 is 5.88. The molecule has 1 amide bonds. The monoisotopic (exact) mass is 268 g/mol. The molecule has 0 atom stereocenters. The first kappa shape index (κ1) is 12.7. The molecule has 0 fully saturated rings. The molecular weight excluding hydrogens is 256 g/mol. The highest BCUT2D eigenvalue weighted by Crippen LogP contribution is 2.21. The van der Waals surface area contributed by atoms with Crippen LogP contribution in [-0.4, -0.2) is 28.7 Å². The minimum atomic E-state index is -0.495. The van der Waals surface area contributed by atoms with Crippen LogP contribution < -0.4 is 11.5 Å². The van der Waals surface area contributed by atoms with Crippen molar-refractivity contribution in [2.75, 3.05) is 18.9 Å². The quantitative estimate of drug-likeness (QED) is 0.783. The van der Waals surface area contributed by atoms with Crippen molar-refractivity contribution in [3.63, 3.8) is 0 Å². The standard InChI is InChI=1S/C11H13ClN4O2/c12-7-1-2-9-8(5-7)15-11(14)16(9)3-4-18-6-10(13)17/h1-2,5H,3-4,6H2,(H2,13,17)(H2,14,15). The average Bonchev–Trinajstić information content (AvgIpc) is 2.59. The van der Waals surface area contributed by atoms with Crippen molar-refractivity contribution in [3.8, 4) is 0 Å². The summed E-state index contributed by atoms with van der Waals surface area (Å²) in [6.45, 7) is 0.733. The van der Waals surface area contributed by atoms with Gasteiger partial charge in [-0.2, -0.15) is 0 Å². The molecule has 0 spiro atoms. The molecule has 1 aromatic carbocycles. The van der Waals surface area contributed by atoms with Gasteiger partial charge in [0.15, 0.2) is 0 Å². The van der Waals surface area contributed by atoms with E-state index in [-0.39, 0.29) is 6.61 Å². The van der Waals surface area contributed by atoms with Crippen LogP contribution in [0.2, 0.25) is 5.02 Å². The van der Waals surface area contributed by atoms with Gasteiger partial charge in [-0.1, -0.05) is 11.6 Å². The van der Waals surface area contributed by atoms with Crippen LogP contribution in [-0.2, 0) is 16.1 Å². The minimum Gasteiger partial charge on any atom is -0.370 e. The topological polar surface area (TPSA) is 96.2 Å². The molecule has 0 aliphatic carbocycles. The maximum Gasteiger partial charge on any atom is 0.243 e. The van der Waals surface area contributed by atoms with E-state index < -0.39 is 5.91 Å². The molecule has 18 heavy (non-hydrogen) atoms. The van der Waals surface area contributed by atoms with E-state index in [4.69, 9.17) is 27.8 Å². The van der Waals surface area contributed by atoms with Crippen LogP contribution in [0.15, 0.2) is 18.2 Å². The number of hydrogen-bond acceptors (Lipinski definition) is 4. The number of rotatable bonds is 5. The lowest BCUT2D eigenvalue weighted by Crippen LogP contribution is -2.20. The Bertz CT molecular complexity index is 582. The number of carbonyl (C=O) groups excluding carboxylic acids is 1. The van der Waals surface area contributed by atoms with E-state index in [0.29, 0.717) is 24.1 Å². The number of anilines is 1. The molecule has 2 aromatic rings. The van der Waals surface area contributed by atoms with E-state index in [1.165, 1.54) is 0 Å². The summed E-state index contributed by atoms with van der Waals surface area (Å²) < 4.78 is 6.89. The molecule has 6 nitrogen and oxygen atoms in total. The Morgan fingerprint density at radius 2 is 2.28 bits per heavy atom. The molecule has 0 aliphatic heterocycles. The number of fused-ring (bicyclic) bond motifs is 1. The summed E-state index contributed by atoms with van der Waals surface area (Å²) in [4.78, 5) is 14.7. The minimum absolute atomic E-state index is 0.0988. The van der Waals surface area contributed by atoms with E-state index in [1.807, 2.05) is 6.07 Å². The molecule has 96 valence electrons. The Labute approximate surface area is 108 Å². The van der Waals surface area contributed by atoms with Crippen molar-refractivity contribution in [3.05, 3.63) is 23.2 Å². The maximum absolute atomic E-state index is 10.5. The molecular formula is C11H13ClN4O2. The normalized spacial score (nSPS) is 10.9. The molecule has 0 unspecified atom stereocenters. The average molecular weight is 269 g/mol. The van der Waals surface area contributed by atoms with Crippen molar-refractivity contribution in [2.24, 2.45) is 5.73 Å². The van der Waals surface area contributed by atoms with Crippen LogP contribution in [0.4, 0.5) is 5.95 Å². The van der Waals surface area contributed by atoms with Crippen LogP contribution in [0.1, 0.15) is 0 Å². The van der Waals surface area contributed by atoms with Crippen molar-refractivity contribution in [1.82, 2.24) is 9.55 Å². The number of primary amides is 1. The number of nitrogen functional groups attached to an aromatic ring is 1. The predicted octanol–water partition coefficient (Wildman–Crippen LogP) is 0.774. The SMILES string of the molecule is NC(=O)COCCn1c(N)nc2cc(Cl)ccc21. The largest absolute Gasteiger partial charge is 0.370 e. The smallest absolute Gasteiger partial charge is 0.243 e. The van der Waals surface area contributed by atoms with Gasteiger partial charge in [0.1, 0.15) is 6.61 Å². The number of halogens is 1. The lowest BCUT2D eigenvalue weighted by Gasteiger charge is -2.06. The molecule has 0 aliphatic rings. The zero-order valence-corrected chi connectivity index (χ0v) is 10.4. The predicted molar refractivity (Wildman–Crippen MR) is 69.2 cm³/mol. The van der Waals surface area contributed by atoms with Crippen LogP contribution >= 0.6 is 11.6 Å². The Hall–Kier alpha value is -1.79. The van der Waals surface area contributed by atoms with E-state index in [1.54, 1.807) is 16.7 Å². The third-order valence-corrected chi connectivity index (χ3v) is 2.68.